The predicted octanol–water partition coefficient (Wildman–Crippen LogP) is 4.41. The maximum absolute atomic E-state index is 10.9. The molecule has 0 aliphatic heterocycles. The number of ether oxygens (including phenoxy) is 1. The third-order valence-electron chi connectivity index (χ3n) is 2.40. The highest BCUT2D eigenvalue weighted by molar-refractivity contribution is 9.11. The zero-order valence-corrected chi connectivity index (χ0v) is 13.0. The molecule has 0 aliphatic carbocycles. The van der Waals surface area contributed by atoms with E-state index in [0.717, 1.165) is 8.95 Å². The maximum Gasteiger partial charge on any atom is 0.337 e. The lowest BCUT2D eigenvalue weighted by molar-refractivity contribution is 0.0695. The van der Waals surface area contributed by atoms with Crippen molar-refractivity contribution in [3.63, 3.8) is 0 Å². The number of carboxylic acids is 1. The highest BCUT2D eigenvalue weighted by Gasteiger charge is 2.10. The number of aryl methyl sites for hydroxylation is 1. The molecule has 0 bridgehead atoms. The molecule has 0 fully saturated rings. The van der Waals surface area contributed by atoms with Gasteiger partial charge in [-0.2, -0.15) is 0 Å². The van der Waals surface area contributed by atoms with Gasteiger partial charge in [-0.3, -0.25) is 0 Å². The minimum atomic E-state index is -0.999. The van der Waals surface area contributed by atoms with Gasteiger partial charge in [0.05, 0.1) is 15.7 Å². The Labute approximate surface area is 126 Å². The molecular weight excluding hydrogens is 378 g/mol. The molecule has 2 aromatic rings. The van der Waals surface area contributed by atoms with Crippen molar-refractivity contribution in [1.82, 2.24) is 4.98 Å². The minimum Gasteiger partial charge on any atom is -0.478 e. The Morgan fingerprint density at radius 2 is 2.00 bits per heavy atom. The highest BCUT2D eigenvalue weighted by Crippen LogP contribution is 2.31. The minimum absolute atomic E-state index is 0.169. The number of rotatable bonds is 3. The number of hydrogen-bond acceptors (Lipinski definition) is 3. The van der Waals surface area contributed by atoms with Crippen LogP contribution in [0.4, 0.5) is 0 Å². The summed E-state index contributed by atoms with van der Waals surface area (Å²) in [6.45, 7) is 1.63. The molecule has 0 spiro atoms. The molecule has 4 nitrogen and oxygen atoms in total. The third-order valence-corrected chi connectivity index (χ3v) is 3.51. The Bertz CT molecular complexity index is 644. The quantitative estimate of drug-likeness (QED) is 0.848. The smallest absolute Gasteiger partial charge is 0.337 e. The normalized spacial score (nSPS) is 10.3. The van der Waals surface area contributed by atoms with Crippen LogP contribution < -0.4 is 4.74 Å². The van der Waals surface area contributed by atoms with Crippen LogP contribution in [-0.4, -0.2) is 16.1 Å². The Morgan fingerprint density at radius 1 is 1.26 bits per heavy atom. The van der Waals surface area contributed by atoms with Crippen molar-refractivity contribution >= 4 is 37.8 Å². The molecule has 0 unspecified atom stereocenters. The Kier molecular flexibility index (Phi) is 4.21. The molecular formula is C13H9Br2NO3. The molecule has 0 atom stereocenters. The first-order chi connectivity index (χ1) is 8.97. The van der Waals surface area contributed by atoms with Gasteiger partial charge in [-0.15, -0.1) is 0 Å². The lowest BCUT2D eigenvalue weighted by atomic mass is 10.2. The Hall–Kier alpha value is -1.40. The van der Waals surface area contributed by atoms with E-state index in [4.69, 9.17) is 9.84 Å². The van der Waals surface area contributed by atoms with Crippen molar-refractivity contribution in [3.8, 4) is 11.6 Å². The van der Waals surface area contributed by atoms with Crippen LogP contribution in [0.5, 0.6) is 11.6 Å². The van der Waals surface area contributed by atoms with Gasteiger partial charge in [-0.25, -0.2) is 9.78 Å². The topological polar surface area (TPSA) is 59.4 Å². The lowest BCUT2D eigenvalue weighted by Gasteiger charge is -2.08. The molecule has 19 heavy (non-hydrogen) atoms. The van der Waals surface area contributed by atoms with E-state index < -0.39 is 5.97 Å². The second-order valence-electron chi connectivity index (χ2n) is 3.76. The van der Waals surface area contributed by atoms with Gasteiger partial charge in [0.1, 0.15) is 5.75 Å². The van der Waals surface area contributed by atoms with E-state index >= 15 is 0 Å². The first kappa shape index (κ1) is 14.0. The summed E-state index contributed by atoms with van der Waals surface area (Å²) in [7, 11) is 0. The summed E-state index contributed by atoms with van der Waals surface area (Å²) in [5, 5.41) is 8.93. The van der Waals surface area contributed by atoms with Gasteiger partial charge in [0.15, 0.2) is 0 Å². The van der Waals surface area contributed by atoms with Gasteiger partial charge in [0.2, 0.25) is 5.88 Å². The third kappa shape index (κ3) is 3.33. The van der Waals surface area contributed by atoms with Crippen LogP contribution in [0.25, 0.3) is 0 Å². The molecule has 1 aromatic carbocycles. The van der Waals surface area contributed by atoms with Crippen LogP contribution in [0.3, 0.4) is 0 Å². The van der Waals surface area contributed by atoms with Crippen molar-refractivity contribution in [2.24, 2.45) is 0 Å². The van der Waals surface area contributed by atoms with Gasteiger partial charge in [0.25, 0.3) is 0 Å². The van der Waals surface area contributed by atoms with Crippen LogP contribution in [0.2, 0.25) is 0 Å². The van der Waals surface area contributed by atoms with E-state index in [1.807, 2.05) is 12.1 Å². The predicted molar refractivity (Wildman–Crippen MR) is 77.8 cm³/mol. The molecule has 6 heteroatoms. The molecule has 0 radical (unpaired) electrons. The van der Waals surface area contributed by atoms with Crippen molar-refractivity contribution in [2.45, 2.75) is 6.92 Å². The second-order valence-corrected chi connectivity index (χ2v) is 5.53. The van der Waals surface area contributed by atoms with Crippen molar-refractivity contribution < 1.29 is 14.6 Å². The molecule has 1 heterocycles. The van der Waals surface area contributed by atoms with Crippen LogP contribution >= 0.6 is 31.9 Å². The highest BCUT2D eigenvalue weighted by atomic mass is 79.9. The van der Waals surface area contributed by atoms with E-state index in [2.05, 4.69) is 36.8 Å². The standard InChI is InChI=1S/C13H9Br2NO3/c1-7-9(13(17)18)3-5-12(16-7)19-11-4-2-8(14)6-10(11)15/h2-6H,1H3,(H,17,18). The van der Waals surface area contributed by atoms with Gasteiger partial charge >= 0.3 is 5.97 Å². The monoisotopic (exact) mass is 385 g/mol. The fourth-order valence-corrected chi connectivity index (χ4v) is 2.62. The van der Waals surface area contributed by atoms with Crippen LogP contribution in [0.1, 0.15) is 16.1 Å². The first-order valence-electron chi connectivity index (χ1n) is 5.31. The molecule has 98 valence electrons. The van der Waals surface area contributed by atoms with Crippen molar-refractivity contribution in [2.75, 3.05) is 0 Å². The number of aromatic carboxylic acids is 1. The molecule has 1 aromatic heterocycles. The molecule has 1 N–H and O–H groups in total. The molecule has 2 rings (SSSR count). The number of nitrogens with zero attached hydrogens (tertiary/aromatic N) is 1. The van der Waals surface area contributed by atoms with Crippen molar-refractivity contribution in [1.29, 1.82) is 0 Å². The molecule has 0 aliphatic rings. The van der Waals surface area contributed by atoms with Gasteiger partial charge in [-0.05, 0) is 47.1 Å². The van der Waals surface area contributed by atoms with Crippen molar-refractivity contribution in [3.05, 3.63) is 50.5 Å². The van der Waals surface area contributed by atoms with Crippen LogP contribution in [0, 0.1) is 6.92 Å². The van der Waals surface area contributed by atoms with Gasteiger partial charge < -0.3 is 9.84 Å². The summed E-state index contributed by atoms with van der Waals surface area (Å²) in [6.07, 6.45) is 0. The largest absolute Gasteiger partial charge is 0.478 e. The first-order valence-corrected chi connectivity index (χ1v) is 6.90. The number of hydrogen-bond donors (Lipinski definition) is 1. The van der Waals surface area contributed by atoms with E-state index in [9.17, 15) is 4.79 Å². The van der Waals surface area contributed by atoms with E-state index in [1.54, 1.807) is 13.0 Å². The molecule has 0 saturated heterocycles. The number of carboxylic acid groups (broad SMARTS) is 1. The average Bonchev–Trinajstić information content (AvgIpc) is 2.32. The lowest BCUT2D eigenvalue weighted by Crippen LogP contribution is -2.02. The summed E-state index contributed by atoms with van der Waals surface area (Å²) in [5.41, 5.74) is 0.584. The second kappa shape index (κ2) is 5.71. The van der Waals surface area contributed by atoms with Crippen LogP contribution in [0.15, 0.2) is 39.3 Å². The summed E-state index contributed by atoms with van der Waals surface area (Å²) >= 11 is 6.74. The fourth-order valence-electron chi connectivity index (χ4n) is 1.49. The number of aromatic nitrogens is 1. The van der Waals surface area contributed by atoms with E-state index in [0.29, 0.717) is 17.3 Å². The SMILES string of the molecule is Cc1nc(Oc2ccc(Br)cc2Br)ccc1C(=O)O. The van der Waals surface area contributed by atoms with Crippen LogP contribution in [-0.2, 0) is 0 Å². The number of halogens is 2. The fraction of sp³-hybridized carbons (Fsp3) is 0.0769. The molecule has 0 amide bonds. The Balaban J connectivity index is 2.29. The zero-order valence-electron chi connectivity index (χ0n) is 9.85. The summed E-state index contributed by atoms with van der Waals surface area (Å²) in [5.74, 6) is -0.0370. The van der Waals surface area contributed by atoms with Gasteiger partial charge in [-0.1, -0.05) is 15.9 Å². The summed E-state index contributed by atoms with van der Waals surface area (Å²) in [6, 6.07) is 8.50. The zero-order chi connectivity index (χ0) is 14.0. The average molecular weight is 387 g/mol. The maximum atomic E-state index is 10.9. The summed E-state index contributed by atoms with van der Waals surface area (Å²) < 4.78 is 7.32. The van der Waals surface area contributed by atoms with E-state index in [-0.39, 0.29) is 5.56 Å². The number of carbonyl (C=O) groups is 1. The summed E-state index contributed by atoms with van der Waals surface area (Å²) in [4.78, 5) is 15.0. The molecule has 0 saturated carbocycles. The Morgan fingerprint density at radius 3 is 2.58 bits per heavy atom. The van der Waals surface area contributed by atoms with E-state index in [1.165, 1.54) is 12.1 Å². The van der Waals surface area contributed by atoms with Gasteiger partial charge in [0, 0.05) is 10.5 Å². The number of benzene rings is 1. The number of pyridine rings is 1.